The molecule has 122 valence electrons. The number of imidazole rings is 1. The number of carbonyl (C=O) groups excluding carboxylic acids is 1. The van der Waals surface area contributed by atoms with E-state index in [1.807, 2.05) is 42.5 Å². The van der Waals surface area contributed by atoms with E-state index in [0.29, 0.717) is 12.1 Å². The summed E-state index contributed by atoms with van der Waals surface area (Å²) in [7, 11) is 0. The van der Waals surface area contributed by atoms with Crippen LogP contribution in [0, 0.1) is 0 Å². The van der Waals surface area contributed by atoms with Gasteiger partial charge in [-0.1, -0.05) is 30.3 Å². The highest BCUT2D eigenvalue weighted by Gasteiger charge is 2.20. The maximum Gasteiger partial charge on any atom is 0.253 e. The number of rotatable bonds is 4. The van der Waals surface area contributed by atoms with Crippen molar-refractivity contribution in [2.45, 2.75) is 26.0 Å². The van der Waals surface area contributed by atoms with Crippen LogP contribution in [-0.4, -0.2) is 27.1 Å². The molecule has 0 fully saturated rings. The van der Waals surface area contributed by atoms with Gasteiger partial charge >= 0.3 is 0 Å². The normalized spacial score (nSPS) is 13.8. The molecule has 2 heterocycles. The van der Waals surface area contributed by atoms with Crippen molar-refractivity contribution >= 4 is 16.9 Å². The topological polar surface area (TPSA) is 67.2 Å². The summed E-state index contributed by atoms with van der Waals surface area (Å²) in [6.45, 7) is 1.44. The minimum absolute atomic E-state index is 0.0228. The van der Waals surface area contributed by atoms with E-state index in [1.165, 1.54) is 5.56 Å². The molecule has 1 aliphatic heterocycles. The number of benzene rings is 2. The fourth-order valence-electron chi connectivity index (χ4n) is 3.29. The Bertz CT molecular complexity index is 897. The van der Waals surface area contributed by atoms with Crippen LogP contribution in [-0.2, 0) is 26.0 Å². The number of para-hydroxylation sites is 1. The highest BCUT2D eigenvalue weighted by atomic mass is 16.3. The summed E-state index contributed by atoms with van der Waals surface area (Å²) in [5.41, 5.74) is 4.67. The lowest BCUT2D eigenvalue weighted by molar-refractivity contribution is 0.0956. The van der Waals surface area contributed by atoms with Crippen molar-refractivity contribution in [3.05, 3.63) is 65.0 Å². The van der Waals surface area contributed by atoms with Gasteiger partial charge in [-0.3, -0.25) is 4.79 Å². The lowest BCUT2D eigenvalue weighted by Crippen LogP contribution is -2.24. The summed E-state index contributed by atoms with van der Waals surface area (Å²) in [6.07, 6.45) is 1.70. The van der Waals surface area contributed by atoms with Crippen LogP contribution in [0.25, 0.3) is 11.0 Å². The van der Waals surface area contributed by atoms with Gasteiger partial charge in [0.05, 0.1) is 23.2 Å². The monoisotopic (exact) mass is 321 g/mol. The summed E-state index contributed by atoms with van der Waals surface area (Å²) in [5.74, 6) is 0.991. The summed E-state index contributed by atoms with van der Waals surface area (Å²) in [5, 5.41) is 12.1. The van der Waals surface area contributed by atoms with Crippen molar-refractivity contribution in [2.75, 3.05) is 6.54 Å². The predicted octanol–water partition coefficient (Wildman–Crippen LogP) is 2.06. The first kappa shape index (κ1) is 14.9. The molecule has 0 atom stereocenters. The average molecular weight is 321 g/mol. The second-order valence-corrected chi connectivity index (χ2v) is 6.08. The lowest BCUT2D eigenvalue weighted by Gasteiger charge is -2.07. The number of hydrogen-bond donors (Lipinski definition) is 2. The van der Waals surface area contributed by atoms with E-state index >= 15 is 0 Å². The summed E-state index contributed by atoms with van der Waals surface area (Å²) in [6, 6.07) is 13.7. The summed E-state index contributed by atoms with van der Waals surface area (Å²) in [4.78, 5) is 16.9. The second-order valence-electron chi connectivity index (χ2n) is 6.08. The van der Waals surface area contributed by atoms with Crippen LogP contribution in [0.15, 0.2) is 42.5 Å². The minimum atomic E-state index is -0.0228. The van der Waals surface area contributed by atoms with Crippen LogP contribution in [0.5, 0.6) is 0 Å². The Balaban J connectivity index is 1.65. The Morgan fingerprint density at radius 1 is 1.08 bits per heavy atom. The summed E-state index contributed by atoms with van der Waals surface area (Å²) < 4.78 is 2.17. The standard InChI is InChI=1S/C19H19N3O2/c23-12-14-6-4-13(5-7-14)8-9-17-21-16-3-1-2-15-18(16)22(17)11-10-20-19(15)24/h1-7,23H,8-12H2,(H,20,24). The quantitative estimate of drug-likeness (QED) is 0.773. The van der Waals surface area contributed by atoms with E-state index in [0.717, 1.165) is 41.8 Å². The third kappa shape index (κ3) is 2.57. The molecule has 0 spiro atoms. The SMILES string of the molecule is O=C1NCCn2c(CCc3ccc(CO)cc3)nc3cccc1c32. The van der Waals surface area contributed by atoms with Crippen LogP contribution in [0.2, 0.25) is 0 Å². The van der Waals surface area contributed by atoms with Gasteiger partial charge in [-0.2, -0.15) is 0 Å². The Morgan fingerprint density at radius 2 is 1.88 bits per heavy atom. The number of nitrogens with zero attached hydrogens (tertiary/aromatic N) is 2. The number of aliphatic hydroxyl groups is 1. The largest absolute Gasteiger partial charge is 0.392 e. The molecule has 0 aliphatic carbocycles. The smallest absolute Gasteiger partial charge is 0.253 e. The van der Waals surface area contributed by atoms with Crippen LogP contribution >= 0.6 is 0 Å². The van der Waals surface area contributed by atoms with Crippen LogP contribution in [0.1, 0.15) is 27.3 Å². The Hall–Kier alpha value is -2.66. The Kier molecular flexibility index (Phi) is 3.78. The fraction of sp³-hybridized carbons (Fsp3) is 0.263. The molecule has 1 aliphatic rings. The molecule has 24 heavy (non-hydrogen) atoms. The maximum absolute atomic E-state index is 12.2. The first-order valence-corrected chi connectivity index (χ1v) is 8.21. The average Bonchev–Trinajstić information content (AvgIpc) is 2.88. The molecular formula is C19H19N3O2. The number of aliphatic hydroxyl groups excluding tert-OH is 1. The van der Waals surface area contributed by atoms with E-state index in [9.17, 15) is 4.79 Å². The van der Waals surface area contributed by atoms with E-state index in [2.05, 4.69) is 9.88 Å². The molecule has 0 saturated carbocycles. The van der Waals surface area contributed by atoms with E-state index < -0.39 is 0 Å². The number of carbonyl (C=O) groups is 1. The molecule has 0 saturated heterocycles. The molecule has 3 aromatic rings. The fourth-order valence-corrected chi connectivity index (χ4v) is 3.29. The van der Waals surface area contributed by atoms with Gasteiger partial charge in [-0.15, -0.1) is 0 Å². The molecule has 2 aromatic carbocycles. The molecule has 5 heteroatoms. The van der Waals surface area contributed by atoms with Crippen molar-refractivity contribution < 1.29 is 9.90 Å². The molecule has 5 nitrogen and oxygen atoms in total. The van der Waals surface area contributed by atoms with Crippen molar-refractivity contribution in [3.63, 3.8) is 0 Å². The van der Waals surface area contributed by atoms with Crippen molar-refractivity contribution in [2.24, 2.45) is 0 Å². The van der Waals surface area contributed by atoms with Crippen LogP contribution in [0.4, 0.5) is 0 Å². The Labute approximate surface area is 139 Å². The number of aromatic nitrogens is 2. The van der Waals surface area contributed by atoms with E-state index in [-0.39, 0.29) is 12.5 Å². The van der Waals surface area contributed by atoms with Gasteiger partial charge in [-0.05, 0) is 29.7 Å². The zero-order valence-electron chi connectivity index (χ0n) is 13.3. The van der Waals surface area contributed by atoms with Gasteiger partial charge < -0.3 is 15.0 Å². The van der Waals surface area contributed by atoms with E-state index in [4.69, 9.17) is 10.1 Å². The zero-order valence-corrected chi connectivity index (χ0v) is 13.3. The van der Waals surface area contributed by atoms with Crippen LogP contribution < -0.4 is 5.32 Å². The summed E-state index contributed by atoms with van der Waals surface area (Å²) >= 11 is 0. The van der Waals surface area contributed by atoms with Crippen molar-refractivity contribution in [1.29, 1.82) is 0 Å². The van der Waals surface area contributed by atoms with Crippen molar-refractivity contribution in [1.82, 2.24) is 14.9 Å². The minimum Gasteiger partial charge on any atom is -0.392 e. The molecule has 1 amide bonds. The molecule has 1 aromatic heterocycles. The number of amides is 1. The molecular weight excluding hydrogens is 302 g/mol. The van der Waals surface area contributed by atoms with Crippen molar-refractivity contribution in [3.8, 4) is 0 Å². The first-order valence-electron chi connectivity index (χ1n) is 8.21. The highest BCUT2D eigenvalue weighted by Crippen LogP contribution is 2.23. The molecule has 0 unspecified atom stereocenters. The number of aryl methyl sites for hydroxylation is 2. The van der Waals surface area contributed by atoms with Gasteiger partial charge in [0.15, 0.2) is 0 Å². The highest BCUT2D eigenvalue weighted by molar-refractivity contribution is 6.05. The molecule has 0 radical (unpaired) electrons. The first-order chi connectivity index (χ1) is 11.8. The third-order valence-corrected chi connectivity index (χ3v) is 4.55. The van der Waals surface area contributed by atoms with E-state index in [1.54, 1.807) is 0 Å². The molecule has 2 N–H and O–H groups in total. The number of nitrogens with one attached hydrogen (secondary N) is 1. The Morgan fingerprint density at radius 3 is 2.67 bits per heavy atom. The van der Waals surface area contributed by atoms with Crippen LogP contribution in [0.3, 0.4) is 0 Å². The van der Waals surface area contributed by atoms with Gasteiger partial charge in [0, 0.05) is 19.5 Å². The number of hydrogen-bond acceptors (Lipinski definition) is 3. The predicted molar refractivity (Wildman–Crippen MR) is 91.8 cm³/mol. The third-order valence-electron chi connectivity index (χ3n) is 4.55. The zero-order chi connectivity index (χ0) is 16.5. The lowest BCUT2D eigenvalue weighted by atomic mass is 10.1. The van der Waals surface area contributed by atoms with Gasteiger partial charge in [0.25, 0.3) is 5.91 Å². The maximum atomic E-state index is 12.2. The molecule has 4 rings (SSSR count). The van der Waals surface area contributed by atoms with Gasteiger partial charge in [0.1, 0.15) is 5.82 Å². The second kappa shape index (κ2) is 6.09. The van der Waals surface area contributed by atoms with Gasteiger partial charge in [-0.25, -0.2) is 4.98 Å². The molecule has 0 bridgehead atoms. The van der Waals surface area contributed by atoms with Gasteiger partial charge in [0.2, 0.25) is 0 Å².